The molecule has 0 amide bonds. The fourth-order valence-electron chi connectivity index (χ4n) is 9.62. The molecule has 2 bridgehead atoms. The van der Waals surface area contributed by atoms with E-state index in [1.807, 2.05) is 6.92 Å². The summed E-state index contributed by atoms with van der Waals surface area (Å²) in [6.45, 7) is 5.41. The van der Waals surface area contributed by atoms with Gasteiger partial charge in [0, 0.05) is 0 Å². The molecule has 5 aliphatic rings. The summed E-state index contributed by atoms with van der Waals surface area (Å²) in [4.78, 5) is 12.3. The highest BCUT2D eigenvalue weighted by molar-refractivity contribution is 5.75. The van der Waals surface area contributed by atoms with Gasteiger partial charge in [-0.15, -0.1) is 0 Å². The minimum Gasteiger partial charge on any atom is -0.481 e. The Hall–Kier alpha value is -0.810. The Bertz CT molecular complexity index is 862. The molecule has 35 heavy (non-hydrogen) atoms. The van der Waals surface area contributed by atoms with Crippen molar-refractivity contribution in [2.75, 3.05) is 6.61 Å². The molecule has 4 saturated carbocycles. The monoisotopic (exact) mass is 498 g/mol. The average molecular weight is 499 g/mol. The third kappa shape index (κ3) is 3.42. The van der Waals surface area contributed by atoms with E-state index in [2.05, 4.69) is 6.92 Å². The minimum atomic E-state index is -1.54. The first kappa shape index (κ1) is 25.8. The molecule has 1 aliphatic heterocycles. The number of carbonyl (C=O) groups is 1. The Balaban J connectivity index is 1.44. The maximum Gasteiger partial charge on any atom is 0.309 e. The van der Waals surface area contributed by atoms with Gasteiger partial charge in [0.1, 0.15) is 30.0 Å². The standard InChI is InChI=1S/C26H42O9/c1-22-7-4-8-23(2,21(31)32)15(22)5-9-25-12-24(3,33)26(13-25,10-6-16(22)25)35-20-19(30)18(29)17(28)14(11-27)34-20/h14-20,27-30,33H,4-13H2,1-3H3,(H,31,32). The molecule has 5 fully saturated rings. The van der Waals surface area contributed by atoms with Gasteiger partial charge in [-0.1, -0.05) is 13.3 Å². The van der Waals surface area contributed by atoms with Crippen LogP contribution in [0.5, 0.6) is 0 Å². The molecule has 1 spiro atoms. The van der Waals surface area contributed by atoms with Crippen molar-refractivity contribution in [2.45, 2.75) is 120 Å². The highest BCUT2D eigenvalue weighted by Gasteiger charge is 2.73. The number of ether oxygens (including phenoxy) is 2. The van der Waals surface area contributed by atoms with Gasteiger partial charge in [0.2, 0.25) is 0 Å². The third-order valence-electron chi connectivity index (χ3n) is 11.3. The van der Waals surface area contributed by atoms with Crippen LogP contribution < -0.4 is 0 Å². The van der Waals surface area contributed by atoms with Crippen molar-refractivity contribution >= 4 is 5.97 Å². The van der Waals surface area contributed by atoms with Gasteiger partial charge in [-0.3, -0.25) is 4.79 Å². The smallest absolute Gasteiger partial charge is 0.309 e. The molecule has 5 rings (SSSR count). The lowest BCUT2D eigenvalue weighted by Gasteiger charge is -2.64. The summed E-state index contributed by atoms with van der Waals surface area (Å²) in [6.07, 6.45) is -0.332. The van der Waals surface area contributed by atoms with E-state index in [9.17, 15) is 35.4 Å². The SMILES string of the molecule is CC1(C(=O)O)CCCC2(C)C3CCC4(OC5OC(CO)C(O)C(O)C5O)CC3(CCC12)CC4(C)O. The lowest BCUT2D eigenvalue weighted by molar-refractivity contribution is -0.346. The molecule has 1 heterocycles. The second-order valence-electron chi connectivity index (χ2n) is 13.1. The summed E-state index contributed by atoms with van der Waals surface area (Å²) in [5.41, 5.74) is -3.31. The number of rotatable bonds is 4. The molecule has 4 aliphatic carbocycles. The van der Waals surface area contributed by atoms with Crippen LogP contribution in [-0.4, -0.2) is 85.1 Å². The van der Waals surface area contributed by atoms with Crippen molar-refractivity contribution in [3.63, 3.8) is 0 Å². The van der Waals surface area contributed by atoms with Gasteiger partial charge in [0.15, 0.2) is 6.29 Å². The zero-order valence-electron chi connectivity index (χ0n) is 21.0. The van der Waals surface area contributed by atoms with Crippen molar-refractivity contribution < 1.29 is 44.9 Å². The van der Waals surface area contributed by atoms with Gasteiger partial charge in [0.05, 0.1) is 17.6 Å². The van der Waals surface area contributed by atoms with Gasteiger partial charge < -0.3 is 40.1 Å². The Morgan fingerprint density at radius 2 is 1.63 bits per heavy atom. The third-order valence-corrected chi connectivity index (χ3v) is 11.3. The maximum atomic E-state index is 12.3. The fourth-order valence-corrected chi connectivity index (χ4v) is 9.62. The van der Waals surface area contributed by atoms with Crippen LogP contribution in [0.1, 0.15) is 78.6 Å². The second-order valence-corrected chi connectivity index (χ2v) is 13.1. The van der Waals surface area contributed by atoms with Crippen LogP contribution in [0, 0.1) is 28.1 Å². The minimum absolute atomic E-state index is 0.0845. The van der Waals surface area contributed by atoms with Crippen LogP contribution in [0.4, 0.5) is 0 Å². The lowest BCUT2D eigenvalue weighted by Crippen LogP contribution is -2.63. The van der Waals surface area contributed by atoms with Crippen molar-refractivity contribution in [3.8, 4) is 0 Å². The van der Waals surface area contributed by atoms with Crippen LogP contribution in [0.15, 0.2) is 0 Å². The Morgan fingerprint density at radius 3 is 2.29 bits per heavy atom. The molecule has 12 unspecified atom stereocenters. The van der Waals surface area contributed by atoms with Crippen LogP contribution in [0.25, 0.3) is 0 Å². The highest BCUT2D eigenvalue weighted by atomic mass is 16.7. The fraction of sp³-hybridized carbons (Fsp3) is 0.962. The van der Waals surface area contributed by atoms with E-state index in [4.69, 9.17) is 9.47 Å². The van der Waals surface area contributed by atoms with E-state index in [-0.39, 0.29) is 22.7 Å². The van der Waals surface area contributed by atoms with Crippen molar-refractivity contribution in [1.82, 2.24) is 0 Å². The van der Waals surface area contributed by atoms with Crippen molar-refractivity contribution in [2.24, 2.45) is 28.1 Å². The predicted octanol–water partition coefficient (Wildman–Crippen LogP) is 1.17. The first-order valence-electron chi connectivity index (χ1n) is 13.2. The quantitative estimate of drug-likeness (QED) is 0.313. The zero-order chi connectivity index (χ0) is 25.6. The molecule has 200 valence electrons. The summed E-state index contributed by atoms with van der Waals surface area (Å²) >= 11 is 0. The largest absolute Gasteiger partial charge is 0.481 e. The van der Waals surface area contributed by atoms with Gasteiger partial charge in [-0.2, -0.15) is 0 Å². The number of fused-ring (bicyclic) bond motifs is 3. The van der Waals surface area contributed by atoms with E-state index >= 15 is 0 Å². The first-order chi connectivity index (χ1) is 16.3. The van der Waals surface area contributed by atoms with Crippen LogP contribution in [0.2, 0.25) is 0 Å². The highest BCUT2D eigenvalue weighted by Crippen LogP contribution is 2.74. The Morgan fingerprint density at radius 1 is 0.943 bits per heavy atom. The van der Waals surface area contributed by atoms with Crippen molar-refractivity contribution in [3.05, 3.63) is 0 Å². The Kier molecular flexibility index (Phi) is 5.97. The molecule has 1 saturated heterocycles. The van der Waals surface area contributed by atoms with Crippen LogP contribution >= 0.6 is 0 Å². The first-order valence-corrected chi connectivity index (χ1v) is 13.2. The van der Waals surface area contributed by atoms with E-state index in [0.29, 0.717) is 25.7 Å². The molecule has 0 aromatic carbocycles. The molecule has 9 nitrogen and oxygen atoms in total. The summed E-state index contributed by atoms with van der Waals surface area (Å²) in [6, 6.07) is 0. The van der Waals surface area contributed by atoms with Gasteiger partial charge in [-0.05, 0) is 87.9 Å². The second kappa shape index (κ2) is 8.09. The molecule has 12 atom stereocenters. The number of hydrogen-bond acceptors (Lipinski definition) is 8. The number of aliphatic carboxylic acids is 1. The Labute approximate surface area is 206 Å². The summed E-state index contributed by atoms with van der Waals surface area (Å²) in [5, 5.41) is 62.5. The topological polar surface area (TPSA) is 157 Å². The maximum absolute atomic E-state index is 12.3. The molecule has 0 radical (unpaired) electrons. The van der Waals surface area contributed by atoms with Gasteiger partial charge in [0.25, 0.3) is 0 Å². The molecule has 6 N–H and O–H groups in total. The van der Waals surface area contributed by atoms with Crippen molar-refractivity contribution in [1.29, 1.82) is 0 Å². The summed E-state index contributed by atoms with van der Waals surface area (Å²) in [7, 11) is 0. The summed E-state index contributed by atoms with van der Waals surface area (Å²) in [5.74, 6) is -0.367. The number of carboxylic acids is 1. The number of aliphatic hydroxyl groups excluding tert-OH is 4. The molecular weight excluding hydrogens is 456 g/mol. The van der Waals surface area contributed by atoms with Crippen LogP contribution in [-0.2, 0) is 14.3 Å². The van der Waals surface area contributed by atoms with Gasteiger partial charge in [-0.25, -0.2) is 0 Å². The van der Waals surface area contributed by atoms with E-state index < -0.39 is 59.9 Å². The predicted molar refractivity (Wildman–Crippen MR) is 123 cm³/mol. The normalized spacial score (nSPS) is 57.9. The molecular formula is C26H42O9. The number of carboxylic acid groups (broad SMARTS) is 1. The molecule has 9 heteroatoms. The number of hydrogen-bond donors (Lipinski definition) is 6. The van der Waals surface area contributed by atoms with E-state index in [1.165, 1.54) is 0 Å². The summed E-state index contributed by atoms with van der Waals surface area (Å²) < 4.78 is 12.0. The van der Waals surface area contributed by atoms with E-state index in [0.717, 1.165) is 32.1 Å². The lowest BCUT2D eigenvalue weighted by atomic mass is 9.41. The molecule has 0 aromatic heterocycles. The average Bonchev–Trinajstić information content (AvgIpc) is 2.94. The number of aliphatic hydroxyl groups is 5. The van der Waals surface area contributed by atoms with E-state index in [1.54, 1.807) is 6.92 Å². The zero-order valence-corrected chi connectivity index (χ0v) is 21.0. The van der Waals surface area contributed by atoms with Gasteiger partial charge >= 0.3 is 5.97 Å². The van der Waals surface area contributed by atoms with Crippen LogP contribution in [0.3, 0.4) is 0 Å². The molecule has 0 aromatic rings.